The van der Waals surface area contributed by atoms with Crippen molar-refractivity contribution in [1.29, 1.82) is 0 Å². The van der Waals surface area contributed by atoms with Crippen molar-refractivity contribution in [3.63, 3.8) is 0 Å². The van der Waals surface area contributed by atoms with Gasteiger partial charge >= 0.3 is 4.87 Å². The molecule has 0 aliphatic heterocycles. The molecule has 0 spiro atoms. The average Bonchev–Trinajstić information content (AvgIpc) is 2.85. The number of rotatable bonds is 8. The second-order valence-corrected chi connectivity index (χ2v) is 6.17. The van der Waals surface area contributed by atoms with Gasteiger partial charge < -0.3 is 14.8 Å². The summed E-state index contributed by atoms with van der Waals surface area (Å²) in [6.45, 7) is 4.98. The summed E-state index contributed by atoms with van der Waals surface area (Å²) in [5.74, 6) is 0.0668. The van der Waals surface area contributed by atoms with Crippen LogP contribution in [0.2, 0.25) is 5.02 Å². The molecule has 8 heteroatoms. The SMILES string of the molecule is CCOCCOc1c(Cl)cccc1NC(=O)Cn1c(C)csc1=O. The predicted molar refractivity (Wildman–Crippen MR) is 95.4 cm³/mol. The normalized spacial score (nSPS) is 10.6. The van der Waals surface area contributed by atoms with Crippen molar-refractivity contribution in [2.24, 2.45) is 0 Å². The lowest BCUT2D eigenvalue weighted by Gasteiger charge is -2.14. The summed E-state index contributed by atoms with van der Waals surface area (Å²) in [7, 11) is 0. The number of thiazole rings is 1. The van der Waals surface area contributed by atoms with E-state index < -0.39 is 0 Å². The Morgan fingerprint density at radius 2 is 2.17 bits per heavy atom. The van der Waals surface area contributed by atoms with Gasteiger partial charge in [-0.3, -0.25) is 14.2 Å². The first-order valence-electron chi connectivity index (χ1n) is 7.46. The van der Waals surface area contributed by atoms with Gasteiger partial charge in [-0.2, -0.15) is 0 Å². The number of amides is 1. The van der Waals surface area contributed by atoms with Gasteiger partial charge in [0.1, 0.15) is 13.2 Å². The van der Waals surface area contributed by atoms with E-state index in [0.29, 0.717) is 36.3 Å². The molecule has 0 unspecified atom stereocenters. The molecule has 130 valence electrons. The first kappa shape index (κ1) is 18.5. The number of hydrogen-bond acceptors (Lipinski definition) is 5. The quantitative estimate of drug-likeness (QED) is 0.725. The number of carbonyl (C=O) groups excluding carboxylic acids is 1. The Hall–Kier alpha value is -1.83. The lowest BCUT2D eigenvalue weighted by molar-refractivity contribution is -0.116. The fourth-order valence-electron chi connectivity index (χ4n) is 2.03. The molecule has 1 aromatic carbocycles. The van der Waals surface area contributed by atoms with Gasteiger partial charge in [-0.05, 0) is 26.0 Å². The van der Waals surface area contributed by atoms with E-state index in [1.54, 1.807) is 30.5 Å². The van der Waals surface area contributed by atoms with Gasteiger partial charge in [-0.1, -0.05) is 29.0 Å². The molecular formula is C16H19ClN2O4S. The molecule has 0 atom stereocenters. The summed E-state index contributed by atoms with van der Waals surface area (Å²) in [6, 6.07) is 5.10. The first-order chi connectivity index (χ1) is 11.5. The average molecular weight is 371 g/mol. The van der Waals surface area contributed by atoms with Crippen molar-refractivity contribution < 1.29 is 14.3 Å². The standard InChI is InChI=1S/C16H19ClN2O4S/c1-3-22-7-8-23-15-12(17)5-4-6-13(15)18-14(20)9-19-11(2)10-24-16(19)21/h4-6,10H,3,7-9H2,1-2H3,(H,18,20). The Morgan fingerprint density at radius 3 is 2.83 bits per heavy atom. The van der Waals surface area contributed by atoms with Crippen LogP contribution in [-0.2, 0) is 16.1 Å². The van der Waals surface area contributed by atoms with Crippen LogP contribution in [0.1, 0.15) is 12.6 Å². The van der Waals surface area contributed by atoms with Crippen molar-refractivity contribution in [3.05, 3.63) is 44.0 Å². The molecule has 0 radical (unpaired) electrons. The molecule has 0 fully saturated rings. The number of anilines is 1. The third kappa shape index (κ3) is 4.83. The van der Waals surface area contributed by atoms with E-state index in [1.165, 1.54) is 4.57 Å². The minimum atomic E-state index is -0.324. The van der Waals surface area contributed by atoms with Crippen LogP contribution in [0.25, 0.3) is 0 Å². The molecule has 2 rings (SSSR count). The molecule has 0 saturated heterocycles. The molecule has 2 aromatic rings. The number of hydrogen-bond donors (Lipinski definition) is 1. The van der Waals surface area contributed by atoms with Gasteiger partial charge in [-0.15, -0.1) is 0 Å². The smallest absolute Gasteiger partial charge is 0.307 e. The zero-order chi connectivity index (χ0) is 17.5. The first-order valence-corrected chi connectivity index (χ1v) is 8.72. The Morgan fingerprint density at radius 1 is 1.38 bits per heavy atom. The largest absolute Gasteiger partial charge is 0.487 e. The number of aromatic nitrogens is 1. The van der Waals surface area contributed by atoms with E-state index in [0.717, 1.165) is 17.0 Å². The monoisotopic (exact) mass is 370 g/mol. The van der Waals surface area contributed by atoms with Crippen LogP contribution < -0.4 is 14.9 Å². The Labute approximate surface area is 149 Å². The highest BCUT2D eigenvalue weighted by Crippen LogP contribution is 2.32. The molecular weight excluding hydrogens is 352 g/mol. The summed E-state index contributed by atoms with van der Waals surface area (Å²) >= 11 is 7.22. The van der Waals surface area contributed by atoms with E-state index in [9.17, 15) is 9.59 Å². The zero-order valence-electron chi connectivity index (χ0n) is 13.5. The summed E-state index contributed by atoms with van der Waals surface area (Å²) in [5, 5.41) is 4.86. The fourth-order valence-corrected chi connectivity index (χ4v) is 2.99. The summed E-state index contributed by atoms with van der Waals surface area (Å²) in [6.07, 6.45) is 0. The molecule has 6 nitrogen and oxygen atoms in total. The third-order valence-corrected chi connectivity index (χ3v) is 4.38. The summed E-state index contributed by atoms with van der Waals surface area (Å²) in [5.41, 5.74) is 1.21. The molecule has 0 saturated carbocycles. The van der Waals surface area contributed by atoms with E-state index >= 15 is 0 Å². The number of aryl methyl sites for hydroxylation is 1. The van der Waals surface area contributed by atoms with Crippen LogP contribution in [0, 0.1) is 6.92 Å². The molecule has 0 bridgehead atoms. The molecule has 0 aliphatic rings. The Kier molecular flexibility index (Phi) is 6.84. The van der Waals surface area contributed by atoms with E-state index in [1.807, 2.05) is 6.92 Å². The maximum Gasteiger partial charge on any atom is 0.307 e. The van der Waals surface area contributed by atoms with Crippen molar-refractivity contribution in [2.45, 2.75) is 20.4 Å². The van der Waals surface area contributed by atoms with E-state index in [-0.39, 0.29) is 17.3 Å². The van der Waals surface area contributed by atoms with Crippen LogP contribution in [0.15, 0.2) is 28.4 Å². The van der Waals surface area contributed by atoms with Crippen LogP contribution in [-0.4, -0.2) is 30.3 Å². The van der Waals surface area contributed by atoms with Gasteiger partial charge in [-0.25, -0.2) is 0 Å². The van der Waals surface area contributed by atoms with Gasteiger partial charge in [0.15, 0.2) is 5.75 Å². The maximum absolute atomic E-state index is 12.2. The third-order valence-electron chi connectivity index (χ3n) is 3.20. The Bertz CT molecular complexity index is 757. The number of benzene rings is 1. The van der Waals surface area contributed by atoms with Gasteiger partial charge in [0.2, 0.25) is 5.91 Å². The van der Waals surface area contributed by atoms with Crippen molar-refractivity contribution in [1.82, 2.24) is 4.57 Å². The molecule has 1 heterocycles. The highest BCUT2D eigenvalue weighted by Gasteiger charge is 2.13. The molecule has 1 amide bonds. The summed E-state index contributed by atoms with van der Waals surface area (Å²) in [4.78, 5) is 23.8. The fraction of sp³-hybridized carbons (Fsp3) is 0.375. The topological polar surface area (TPSA) is 69.6 Å². The van der Waals surface area contributed by atoms with E-state index in [4.69, 9.17) is 21.1 Å². The second kappa shape index (κ2) is 8.86. The highest BCUT2D eigenvalue weighted by atomic mass is 35.5. The van der Waals surface area contributed by atoms with Gasteiger partial charge in [0, 0.05) is 17.7 Å². The van der Waals surface area contributed by atoms with Gasteiger partial charge in [0.25, 0.3) is 0 Å². The molecule has 1 N–H and O–H groups in total. The number of nitrogens with one attached hydrogen (secondary N) is 1. The minimum Gasteiger partial charge on any atom is -0.487 e. The second-order valence-electron chi connectivity index (χ2n) is 4.94. The minimum absolute atomic E-state index is 0.0565. The van der Waals surface area contributed by atoms with Crippen LogP contribution in [0.4, 0.5) is 5.69 Å². The maximum atomic E-state index is 12.2. The molecule has 1 aromatic heterocycles. The number of nitrogens with zero attached hydrogens (tertiary/aromatic N) is 1. The van der Waals surface area contributed by atoms with Crippen LogP contribution in [0.5, 0.6) is 5.75 Å². The van der Waals surface area contributed by atoms with Gasteiger partial charge in [0.05, 0.1) is 17.3 Å². The van der Waals surface area contributed by atoms with E-state index in [2.05, 4.69) is 5.32 Å². The molecule has 0 aliphatic carbocycles. The van der Waals surface area contributed by atoms with Crippen molar-refractivity contribution in [3.8, 4) is 5.75 Å². The number of carbonyl (C=O) groups is 1. The Balaban J connectivity index is 2.07. The van der Waals surface area contributed by atoms with Crippen LogP contribution in [0.3, 0.4) is 0 Å². The van der Waals surface area contributed by atoms with Crippen LogP contribution >= 0.6 is 22.9 Å². The number of halogens is 1. The number of para-hydroxylation sites is 1. The lowest BCUT2D eigenvalue weighted by atomic mass is 10.3. The lowest BCUT2D eigenvalue weighted by Crippen LogP contribution is -2.25. The number of ether oxygens (including phenoxy) is 2. The molecule has 24 heavy (non-hydrogen) atoms. The predicted octanol–water partition coefficient (Wildman–Crippen LogP) is 2.93. The highest BCUT2D eigenvalue weighted by molar-refractivity contribution is 7.07. The van der Waals surface area contributed by atoms with Crippen molar-refractivity contribution >= 4 is 34.5 Å². The zero-order valence-corrected chi connectivity index (χ0v) is 15.1. The summed E-state index contributed by atoms with van der Waals surface area (Å²) < 4.78 is 12.3. The van der Waals surface area contributed by atoms with Crippen molar-refractivity contribution in [2.75, 3.05) is 25.1 Å².